The van der Waals surface area contributed by atoms with Crippen molar-refractivity contribution in [2.45, 2.75) is 44.7 Å². The highest BCUT2D eigenvalue weighted by atomic mass is 19.2. The number of fused-ring (bicyclic) bond motifs is 2. The fraction of sp³-hybridized carbons (Fsp3) is 0.667. The van der Waals surface area contributed by atoms with Crippen LogP contribution >= 0.6 is 0 Å². The molecule has 0 saturated heterocycles. The molecule has 2 fully saturated rings. The molecule has 2 atom stereocenters. The predicted octanol–water partition coefficient (Wildman–Crippen LogP) is 3.01. The molecule has 4 nitrogen and oxygen atoms in total. The van der Waals surface area contributed by atoms with Gasteiger partial charge in [0.25, 0.3) is 0 Å². The molecule has 1 aromatic carbocycles. The van der Waals surface area contributed by atoms with Crippen LogP contribution in [0, 0.1) is 29.4 Å². The van der Waals surface area contributed by atoms with E-state index in [0.29, 0.717) is 30.5 Å². The van der Waals surface area contributed by atoms with Gasteiger partial charge in [-0.25, -0.2) is 8.78 Å². The molecule has 1 aromatic rings. The number of nitrogens with two attached hydrogens (primary N) is 1. The first-order chi connectivity index (χ1) is 12.8. The molecule has 150 valence electrons. The molecule has 2 aliphatic carbocycles. The molecule has 0 aliphatic heterocycles. The lowest BCUT2D eigenvalue weighted by atomic mass is 9.65. The Balaban J connectivity index is 1.73. The van der Waals surface area contributed by atoms with Crippen LogP contribution in [0.4, 0.5) is 8.78 Å². The van der Waals surface area contributed by atoms with Gasteiger partial charge < -0.3 is 15.5 Å². The molecule has 0 spiro atoms. The van der Waals surface area contributed by atoms with Crippen LogP contribution < -0.4 is 5.73 Å². The molecule has 1 amide bonds. The van der Waals surface area contributed by atoms with Gasteiger partial charge >= 0.3 is 0 Å². The Bertz CT molecular complexity index is 653. The summed E-state index contributed by atoms with van der Waals surface area (Å²) in [4.78, 5) is 17.1. The molecule has 2 unspecified atom stereocenters. The second-order valence-electron chi connectivity index (χ2n) is 8.51. The van der Waals surface area contributed by atoms with Crippen LogP contribution in [0.1, 0.15) is 37.7 Å². The Kier molecular flexibility index (Phi) is 6.48. The minimum absolute atomic E-state index is 0.00689. The molecule has 0 aromatic heterocycles. The van der Waals surface area contributed by atoms with Gasteiger partial charge in [-0.15, -0.1) is 0 Å². The number of halogens is 2. The van der Waals surface area contributed by atoms with Gasteiger partial charge in [0, 0.05) is 31.6 Å². The lowest BCUT2D eigenvalue weighted by molar-refractivity contribution is -0.139. The number of benzene rings is 1. The van der Waals surface area contributed by atoms with Crippen LogP contribution in [0.15, 0.2) is 18.2 Å². The molecule has 27 heavy (non-hydrogen) atoms. The summed E-state index contributed by atoms with van der Waals surface area (Å²) < 4.78 is 26.8. The second-order valence-corrected chi connectivity index (χ2v) is 8.51. The molecule has 2 saturated carbocycles. The summed E-state index contributed by atoms with van der Waals surface area (Å²) in [7, 11) is 3.93. The summed E-state index contributed by atoms with van der Waals surface area (Å²) in [6, 6.07) is 4.10. The summed E-state index contributed by atoms with van der Waals surface area (Å²) >= 11 is 0. The lowest BCUT2D eigenvalue weighted by Crippen LogP contribution is -2.50. The molecule has 0 heterocycles. The zero-order valence-electron chi connectivity index (χ0n) is 16.3. The van der Waals surface area contributed by atoms with E-state index in [4.69, 9.17) is 5.73 Å². The van der Waals surface area contributed by atoms with Gasteiger partial charge in [-0.1, -0.05) is 12.5 Å². The monoisotopic (exact) mass is 379 g/mol. The molecule has 2 aliphatic rings. The van der Waals surface area contributed by atoms with Gasteiger partial charge in [0.05, 0.1) is 0 Å². The maximum Gasteiger partial charge on any atom is 0.226 e. The fourth-order valence-electron chi connectivity index (χ4n) is 4.70. The Morgan fingerprint density at radius 2 is 1.78 bits per heavy atom. The molecule has 0 radical (unpaired) electrons. The third-order valence-electron chi connectivity index (χ3n) is 6.25. The van der Waals surface area contributed by atoms with Crippen LogP contribution in [-0.2, 0) is 11.3 Å². The highest BCUT2D eigenvalue weighted by Gasteiger charge is 2.41. The number of likely N-dealkylation sites (N-methyl/N-ethyl adjacent to an activating group) is 1. The van der Waals surface area contributed by atoms with Crippen molar-refractivity contribution in [1.82, 2.24) is 9.80 Å². The van der Waals surface area contributed by atoms with Gasteiger partial charge in [-0.05, 0) is 69.3 Å². The van der Waals surface area contributed by atoms with E-state index in [2.05, 4.69) is 0 Å². The average molecular weight is 379 g/mol. The molecule has 2 bridgehead atoms. The number of carbonyl (C=O) groups excluding carboxylic acids is 1. The molecule has 3 rings (SSSR count). The summed E-state index contributed by atoms with van der Waals surface area (Å²) in [5, 5.41) is 0. The first-order valence-corrected chi connectivity index (χ1v) is 9.98. The highest BCUT2D eigenvalue weighted by molar-refractivity contribution is 5.79. The highest BCUT2D eigenvalue weighted by Crippen LogP contribution is 2.42. The minimum atomic E-state index is -0.870. The smallest absolute Gasteiger partial charge is 0.226 e. The van der Waals surface area contributed by atoms with Crippen molar-refractivity contribution in [1.29, 1.82) is 0 Å². The van der Waals surface area contributed by atoms with Crippen molar-refractivity contribution in [3.05, 3.63) is 35.4 Å². The van der Waals surface area contributed by atoms with Crippen molar-refractivity contribution in [3.8, 4) is 0 Å². The Morgan fingerprint density at radius 3 is 2.37 bits per heavy atom. The van der Waals surface area contributed by atoms with Crippen molar-refractivity contribution < 1.29 is 13.6 Å². The maximum atomic E-state index is 13.6. The maximum absolute atomic E-state index is 13.6. The van der Waals surface area contributed by atoms with Gasteiger partial charge in [0.1, 0.15) is 0 Å². The van der Waals surface area contributed by atoms with E-state index < -0.39 is 11.6 Å². The largest absolute Gasteiger partial charge is 0.337 e. The van der Waals surface area contributed by atoms with Gasteiger partial charge in [-0.2, -0.15) is 0 Å². The molecule has 6 heteroatoms. The number of rotatable bonds is 6. The first-order valence-electron chi connectivity index (χ1n) is 9.98. The topological polar surface area (TPSA) is 49.6 Å². The Morgan fingerprint density at radius 1 is 1.11 bits per heavy atom. The summed E-state index contributed by atoms with van der Waals surface area (Å²) in [6.45, 7) is 1.61. The normalized spacial score (nSPS) is 27.6. The molecular weight excluding hydrogens is 348 g/mol. The average Bonchev–Trinajstić information content (AvgIpc) is 2.60. The predicted molar refractivity (Wildman–Crippen MR) is 102 cm³/mol. The SMILES string of the molecule is CN(C)CCN(Cc1ccc(F)c(F)c1)C(=O)C1CC2CCCC(C1)C2N. The van der Waals surface area contributed by atoms with Gasteiger partial charge in [-0.3, -0.25) is 4.79 Å². The third kappa shape index (κ3) is 4.85. The number of amides is 1. The summed E-state index contributed by atoms with van der Waals surface area (Å²) in [6.07, 6.45) is 5.15. The Labute approximate surface area is 160 Å². The van der Waals surface area contributed by atoms with E-state index in [1.807, 2.05) is 23.9 Å². The first kappa shape index (κ1) is 20.2. The lowest BCUT2D eigenvalue weighted by Gasteiger charge is -2.44. The van der Waals surface area contributed by atoms with Crippen LogP contribution in [0.5, 0.6) is 0 Å². The minimum Gasteiger partial charge on any atom is -0.337 e. The molecular formula is C21H31F2N3O. The van der Waals surface area contributed by atoms with E-state index in [9.17, 15) is 13.6 Å². The fourth-order valence-corrected chi connectivity index (χ4v) is 4.70. The van der Waals surface area contributed by atoms with Gasteiger partial charge in [0.2, 0.25) is 5.91 Å². The van der Waals surface area contributed by atoms with E-state index >= 15 is 0 Å². The van der Waals surface area contributed by atoms with E-state index in [1.165, 1.54) is 12.5 Å². The van der Waals surface area contributed by atoms with Crippen LogP contribution in [-0.4, -0.2) is 48.9 Å². The summed E-state index contributed by atoms with van der Waals surface area (Å²) in [5.74, 6) is -0.738. The Hall–Kier alpha value is -1.53. The van der Waals surface area contributed by atoms with Crippen LogP contribution in [0.2, 0.25) is 0 Å². The van der Waals surface area contributed by atoms with Crippen molar-refractivity contribution in [3.63, 3.8) is 0 Å². The standard InChI is InChI=1S/C21H31F2N3O/c1-25(2)8-9-26(13-14-6-7-18(22)19(23)10-14)21(27)17-11-15-4-3-5-16(12-17)20(15)24/h6-7,10,15-17,20H,3-5,8-9,11-13,24H2,1-2H3. The summed E-state index contributed by atoms with van der Waals surface area (Å²) in [5.41, 5.74) is 6.99. The number of hydrogen-bond acceptors (Lipinski definition) is 3. The zero-order chi connectivity index (χ0) is 19.6. The van der Waals surface area contributed by atoms with Crippen LogP contribution in [0.3, 0.4) is 0 Å². The van der Waals surface area contributed by atoms with Crippen molar-refractivity contribution in [2.75, 3.05) is 27.2 Å². The number of hydrogen-bond donors (Lipinski definition) is 1. The van der Waals surface area contributed by atoms with E-state index in [0.717, 1.165) is 38.3 Å². The quantitative estimate of drug-likeness (QED) is 0.827. The van der Waals surface area contributed by atoms with Crippen molar-refractivity contribution >= 4 is 5.91 Å². The van der Waals surface area contributed by atoms with E-state index in [-0.39, 0.29) is 17.9 Å². The van der Waals surface area contributed by atoms with Crippen molar-refractivity contribution in [2.24, 2.45) is 23.5 Å². The second kappa shape index (κ2) is 8.65. The van der Waals surface area contributed by atoms with Crippen LogP contribution in [0.25, 0.3) is 0 Å². The van der Waals surface area contributed by atoms with Gasteiger partial charge in [0.15, 0.2) is 11.6 Å². The molecule has 2 N–H and O–H groups in total. The number of nitrogens with zero attached hydrogens (tertiary/aromatic N) is 2. The van der Waals surface area contributed by atoms with E-state index in [1.54, 1.807) is 6.07 Å². The third-order valence-corrected chi connectivity index (χ3v) is 6.25. The zero-order valence-corrected chi connectivity index (χ0v) is 16.3. The number of carbonyl (C=O) groups is 1.